The second kappa shape index (κ2) is 8.62. The zero-order chi connectivity index (χ0) is 18.4. The summed E-state index contributed by atoms with van der Waals surface area (Å²) in [7, 11) is 0. The van der Waals surface area contributed by atoms with E-state index in [0.29, 0.717) is 15.8 Å². The minimum absolute atomic E-state index is 0.138. The molecule has 7 heteroatoms. The Labute approximate surface area is 154 Å². The van der Waals surface area contributed by atoms with Gasteiger partial charge in [-0.15, -0.1) is 0 Å². The van der Waals surface area contributed by atoms with Crippen LogP contribution >= 0.6 is 15.9 Å². The van der Waals surface area contributed by atoms with E-state index < -0.39 is 17.9 Å². The minimum Gasteiger partial charge on any atom is -0.326 e. The summed E-state index contributed by atoms with van der Waals surface area (Å²) < 4.78 is 13.6. The lowest BCUT2D eigenvalue weighted by Gasteiger charge is -2.22. The molecule has 2 aromatic carbocycles. The molecular weight excluding hydrogens is 389 g/mol. The molecule has 0 bridgehead atoms. The maximum absolute atomic E-state index is 13.1. The molecule has 0 aliphatic heterocycles. The van der Waals surface area contributed by atoms with E-state index in [4.69, 9.17) is 0 Å². The van der Waals surface area contributed by atoms with Crippen molar-refractivity contribution >= 4 is 39.2 Å². The quantitative estimate of drug-likeness (QED) is 0.688. The molecule has 5 nitrogen and oxygen atoms in total. The molecule has 2 rings (SSSR count). The van der Waals surface area contributed by atoms with Gasteiger partial charge in [0.1, 0.15) is 11.9 Å². The summed E-state index contributed by atoms with van der Waals surface area (Å²) in [6.07, 6.45) is 0. The van der Waals surface area contributed by atoms with Crippen LogP contribution in [0.1, 0.15) is 13.8 Å². The van der Waals surface area contributed by atoms with Crippen molar-refractivity contribution < 1.29 is 14.0 Å². The summed E-state index contributed by atoms with van der Waals surface area (Å²) in [6, 6.07) is 11.7. The smallest absolute Gasteiger partial charge is 0.319 e. The number of rotatable bonds is 5. The van der Waals surface area contributed by atoms with E-state index in [2.05, 4.69) is 31.9 Å². The fourth-order valence-electron chi connectivity index (χ4n) is 2.17. The molecule has 0 saturated heterocycles. The number of carbonyl (C=O) groups is 2. The molecule has 0 aliphatic carbocycles. The van der Waals surface area contributed by atoms with E-state index >= 15 is 0 Å². The number of urea groups is 1. The van der Waals surface area contributed by atoms with Crippen molar-refractivity contribution in [3.8, 4) is 0 Å². The van der Waals surface area contributed by atoms with Gasteiger partial charge in [0.05, 0.1) is 5.69 Å². The van der Waals surface area contributed by atoms with Crippen LogP contribution in [0, 0.1) is 11.7 Å². The van der Waals surface area contributed by atoms with Crippen molar-refractivity contribution in [2.24, 2.45) is 5.92 Å². The van der Waals surface area contributed by atoms with Crippen molar-refractivity contribution in [2.75, 3.05) is 10.6 Å². The van der Waals surface area contributed by atoms with Gasteiger partial charge in [0.2, 0.25) is 5.91 Å². The van der Waals surface area contributed by atoms with Crippen LogP contribution in [0.2, 0.25) is 0 Å². The summed E-state index contributed by atoms with van der Waals surface area (Å²) >= 11 is 3.20. The molecule has 0 radical (unpaired) electrons. The largest absolute Gasteiger partial charge is 0.326 e. The molecule has 1 atom stereocenters. The van der Waals surface area contributed by atoms with Gasteiger partial charge in [0.25, 0.3) is 0 Å². The Bertz CT molecular complexity index is 753. The second-order valence-corrected chi connectivity index (χ2v) is 6.65. The van der Waals surface area contributed by atoms with Gasteiger partial charge in [-0.2, -0.15) is 0 Å². The molecule has 3 N–H and O–H groups in total. The van der Waals surface area contributed by atoms with E-state index in [1.807, 2.05) is 19.9 Å². The molecule has 0 saturated carbocycles. The average Bonchev–Trinajstić information content (AvgIpc) is 2.55. The molecule has 3 amide bonds. The highest BCUT2D eigenvalue weighted by molar-refractivity contribution is 9.10. The normalized spacial score (nSPS) is 11.7. The number of hydrogen-bond donors (Lipinski definition) is 3. The fraction of sp³-hybridized carbons (Fsp3) is 0.222. The third kappa shape index (κ3) is 5.56. The molecule has 132 valence electrons. The first-order chi connectivity index (χ1) is 11.9. The molecule has 0 spiro atoms. The summed E-state index contributed by atoms with van der Waals surface area (Å²) in [5.74, 6) is -0.933. The van der Waals surface area contributed by atoms with Crippen LogP contribution in [0.3, 0.4) is 0 Å². The first-order valence-corrected chi connectivity index (χ1v) is 8.54. The molecule has 25 heavy (non-hydrogen) atoms. The molecule has 1 unspecified atom stereocenters. The number of para-hydroxylation sites is 1. The zero-order valence-electron chi connectivity index (χ0n) is 13.8. The second-order valence-electron chi connectivity index (χ2n) is 5.80. The zero-order valence-corrected chi connectivity index (χ0v) is 15.4. The third-order valence-electron chi connectivity index (χ3n) is 3.46. The highest BCUT2D eigenvalue weighted by Crippen LogP contribution is 2.23. The average molecular weight is 408 g/mol. The van der Waals surface area contributed by atoms with Crippen molar-refractivity contribution in [1.82, 2.24) is 5.32 Å². The Kier molecular flexibility index (Phi) is 6.52. The maximum Gasteiger partial charge on any atom is 0.319 e. The Morgan fingerprint density at radius 3 is 2.32 bits per heavy atom. The molecule has 0 fully saturated rings. The highest BCUT2D eigenvalue weighted by Gasteiger charge is 2.24. The molecule has 2 aromatic rings. The fourth-order valence-corrected chi connectivity index (χ4v) is 2.62. The summed E-state index contributed by atoms with van der Waals surface area (Å²) in [5, 5.41) is 8.03. The summed E-state index contributed by atoms with van der Waals surface area (Å²) in [4.78, 5) is 24.6. The van der Waals surface area contributed by atoms with Gasteiger partial charge in [-0.3, -0.25) is 4.79 Å². The standard InChI is InChI=1S/C18H19BrFN3O2/c1-11(2)16(23-18(25)21-13-6-4-3-5-7-13)17(24)22-15-9-8-12(20)10-14(15)19/h3-11,16H,1-2H3,(H,22,24)(H2,21,23,25). The number of halogens is 2. The number of amides is 3. The Morgan fingerprint density at radius 1 is 1.04 bits per heavy atom. The number of nitrogens with one attached hydrogen (secondary N) is 3. The van der Waals surface area contributed by atoms with Crippen molar-refractivity contribution in [3.05, 3.63) is 58.8 Å². The van der Waals surface area contributed by atoms with E-state index in [0.717, 1.165) is 0 Å². The first-order valence-electron chi connectivity index (χ1n) is 7.75. The van der Waals surface area contributed by atoms with Gasteiger partial charge in [-0.05, 0) is 52.2 Å². The van der Waals surface area contributed by atoms with Gasteiger partial charge in [0.15, 0.2) is 0 Å². The number of carbonyl (C=O) groups excluding carboxylic acids is 2. The van der Waals surface area contributed by atoms with Gasteiger partial charge >= 0.3 is 6.03 Å². The van der Waals surface area contributed by atoms with Gasteiger partial charge in [-0.25, -0.2) is 9.18 Å². The molecular formula is C18H19BrFN3O2. The molecule has 0 aliphatic rings. The van der Waals surface area contributed by atoms with E-state index in [9.17, 15) is 14.0 Å². The van der Waals surface area contributed by atoms with Crippen LogP contribution in [-0.4, -0.2) is 18.0 Å². The van der Waals surface area contributed by atoms with Gasteiger partial charge in [-0.1, -0.05) is 32.0 Å². The monoisotopic (exact) mass is 407 g/mol. The van der Waals surface area contributed by atoms with Crippen molar-refractivity contribution in [3.63, 3.8) is 0 Å². The van der Waals surface area contributed by atoms with E-state index in [1.54, 1.807) is 24.3 Å². The van der Waals surface area contributed by atoms with Crippen LogP contribution in [0.4, 0.5) is 20.6 Å². The van der Waals surface area contributed by atoms with Crippen molar-refractivity contribution in [2.45, 2.75) is 19.9 Å². The minimum atomic E-state index is -0.749. The third-order valence-corrected chi connectivity index (χ3v) is 4.11. The Morgan fingerprint density at radius 2 is 1.72 bits per heavy atom. The maximum atomic E-state index is 13.1. The Balaban J connectivity index is 2.03. The topological polar surface area (TPSA) is 70.2 Å². The van der Waals surface area contributed by atoms with Gasteiger partial charge < -0.3 is 16.0 Å². The summed E-state index contributed by atoms with van der Waals surface area (Å²) in [6.45, 7) is 3.65. The van der Waals surface area contributed by atoms with Crippen LogP contribution in [-0.2, 0) is 4.79 Å². The van der Waals surface area contributed by atoms with Crippen LogP contribution in [0.5, 0.6) is 0 Å². The highest BCUT2D eigenvalue weighted by atomic mass is 79.9. The van der Waals surface area contributed by atoms with Crippen molar-refractivity contribution in [1.29, 1.82) is 0 Å². The SMILES string of the molecule is CC(C)C(NC(=O)Nc1ccccc1)C(=O)Nc1ccc(F)cc1Br. The summed E-state index contributed by atoms with van der Waals surface area (Å²) in [5.41, 5.74) is 1.06. The lowest BCUT2D eigenvalue weighted by molar-refractivity contribution is -0.118. The molecule has 0 heterocycles. The van der Waals surface area contributed by atoms with E-state index in [-0.39, 0.29) is 11.8 Å². The van der Waals surface area contributed by atoms with Crippen LogP contribution < -0.4 is 16.0 Å². The predicted octanol–water partition coefficient (Wildman–Crippen LogP) is 4.37. The predicted molar refractivity (Wildman–Crippen MR) is 100.0 cm³/mol. The number of benzene rings is 2. The lowest BCUT2D eigenvalue weighted by atomic mass is 10.0. The first kappa shape index (κ1) is 18.9. The van der Waals surface area contributed by atoms with Crippen LogP contribution in [0.15, 0.2) is 53.0 Å². The lowest BCUT2D eigenvalue weighted by Crippen LogP contribution is -2.48. The Hall–Kier alpha value is -2.41. The number of hydrogen-bond acceptors (Lipinski definition) is 2. The van der Waals surface area contributed by atoms with Crippen LogP contribution in [0.25, 0.3) is 0 Å². The van der Waals surface area contributed by atoms with Gasteiger partial charge in [0, 0.05) is 10.2 Å². The number of anilines is 2. The van der Waals surface area contributed by atoms with E-state index in [1.165, 1.54) is 18.2 Å². The molecule has 0 aromatic heterocycles.